The molecule has 11 heteroatoms. The summed E-state index contributed by atoms with van der Waals surface area (Å²) in [5.41, 5.74) is -0.494. The number of hydrogen-bond donors (Lipinski definition) is 0. The van der Waals surface area contributed by atoms with Crippen LogP contribution < -0.4 is 4.74 Å². The lowest BCUT2D eigenvalue weighted by Gasteiger charge is -2.38. The van der Waals surface area contributed by atoms with E-state index in [2.05, 4.69) is 15.0 Å². The van der Waals surface area contributed by atoms with Crippen molar-refractivity contribution in [2.24, 2.45) is 5.92 Å². The first-order valence-corrected chi connectivity index (χ1v) is 11.4. The van der Waals surface area contributed by atoms with Gasteiger partial charge in [-0.25, -0.2) is 14.4 Å². The molecule has 2 aliphatic rings. The summed E-state index contributed by atoms with van der Waals surface area (Å²) >= 11 is 0. The Morgan fingerprint density at radius 2 is 1.86 bits per heavy atom. The van der Waals surface area contributed by atoms with Crippen LogP contribution in [0, 0.1) is 17.7 Å². The maximum atomic E-state index is 14.1. The number of halogens is 5. The van der Waals surface area contributed by atoms with Crippen LogP contribution in [-0.4, -0.2) is 43.9 Å². The van der Waals surface area contributed by atoms with Crippen molar-refractivity contribution in [3.63, 3.8) is 0 Å². The predicted molar refractivity (Wildman–Crippen MR) is 118 cm³/mol. The molecule has 0 unspecified atom stereocenters. The Balaban J connectivity index is 1.35. The first-order chi connectivity index (χ1) is 17.1. The Morgan fingerprint density at radius 1 is 1.11 bits per heavy atom. The summed E-state index contributed by atoms with van der Waals surface area (Å²) < 4.78 is 72.2. The molecule has 0 radical (unpaired) electrons. The summed E-state index contributed by atoms with van der Waals surface area (Å²) in [6, 6.07) is 6.84. The smallest absolute Gasteiger partial charge is 0.420 e. The van der Waals surface area contributed by atoms with E-state index >= 15 is 0 Å². The van der Waals surface area contributed by atoms with Crippen molar-refractivity contribution in [1.82, 2.24) is 19.9 Å². The lowest BCUT2D eigenvalue weighted by atomic mass is 9.97. The molecular weight excluding hydrogens is 483 g/mol. The number of rotatable bonds is 5. The summed E-state index contributed by atoms with van der Waals surface area (Å²) in [6.45, 7) is 1.92. The third kappa shape index (κ3) is 4.49. The van der Waals surface area contributed by atoms with E-state index in [9.17, 15) is 26.7 Å². The van der Waals surface area contributed by atoms with Gasteiger partial charge in [0.15, 0.2) is 5.82 Å². The van der Waals surface area contributed by atoms with E-state index in [-0.39, 0.29) is 36.2 Å². The standard InChI is InChI=1S/C25H21F5N4O2/c1-13-14-10-19(20(11-14)36-21-6-5-18(23(27)33-21)25(28,29)30)34(13)22(35)12-15-9-16(26)3-4-17(15)24-31-7-2-8-32-24/h2-9,13-14,19-20H,10-12H2,1H3/t13-,14-,19+,20-/m1/s1. The molecule has 1 aromatic carbocycles. The topological polar surface area (TPSA) is 68.2 Å². The number of hydrogen-bond acceptors (Lipinski definition) is 5. The second-order valence-corrected chi connectivity index (χ2v) is 9.03. The number of piperidine rings is 1. The summed E-state index contributed by atoms with van der Waals surface area (Å²) in [6.07, 6.45) is -1.21. The van der Waals surface area contributed by atoms with Gasteiger partial charge in [-0.05, 0) is 61.6 Å². The Morgan fingerprint density at radius 3 is 2.53 bits per heavy atom. The molecule has 3 aromatic rings. The van der Waals surface area contributed by atoms with Crippen molar-refractivity contribution in [2.45, 2.75) is 50.6 Å². The second kappa shape index (κ2) is 9.11. The Labute approximate surface area is 203 Å². The van der Waals surface area contributed by atoms with E-state index in [1.165, 1.54) is 18.2 Å². The molecule has 1 aliphatic carbocycles. The number of nitrogens with zero attached hydrogens (tertiary/aromatic N) is 4. The van der Waals surface area contributed by atoms with Crippen molar-refractivity contribution < 1.29 is 31.5 Å². The average molecular weight is 504 g/mol. The molecule has 1 saturated carbocycles. The Bertz CT molecular complexity index is 1290. The highest BCUT2D eigenvalue weighted by atomic mass is 19.4. The number of amides is 1. The highest BCUT2D eigenvalue weighted by molar-refractivity contribution is 5.82. The van der Waals surface area contributed by atoms with Gasteiger partial charge in [0.25, 0.3) is 0 Å². The summed E-state index contributed by atoms with van der Waals surface area (Å²) in [5, 5.41) is 0. The zero-order valence-corrected chi connectivity index (χ0v) is 19.0. The van der Waals surface area contributed by atoms with Crippen LogP contribution in [0.1, 0.15) is 30.9 Å². The predicted octanol–water partition coefficient (Wildman–Crippen LogP) is 4.84. The quantitative estimate of drug-likeness (QED) is 0.368. The third-order valence-corrected chi connectivity index (χ3v) is 6.89. The highest BCUT2D eigenvalue weighted by Crippen LogP contribution is 2.44. The molecule has 6 nitrogen and oxygen atoms in total. The molecule has 1 aliphatic heterocycles. The maximum absolute atomic E-state index is 14.1. The van der Waals surface area contributed by atoms with Crippen LogP contribution in [0.4, 0.5) is 22.0 Å². The monoisotopic (exact) mass is 504 g/mol. The number of ether oxygens (including phenoxy) is 1. The van der Waals surface area contributed by atoms with Gasteiger partial charge in [-0.15, -0.1) is 0 Å². The first-order valence-electron chi connectivity index (χ1n) is 11.4. The molecule has 1 saturated heterocycles. The Kier molecular flexibility index (Phi) is 6.09. The highest BCUT2D eigenvalue weighted by Gasteiger charge is 2.52. The molecule has 0 N–H and O–H groups in total. The summed E-state index contributed by atoms with van der Waals surface area (Å²) in [5.74, 6) is -2.21. The van der Waals surface area contributed by atoms with Gasteiger partial charge in [0.2, 0.25) is 17.7 Å². The number of likely N-dealkylation sites (tertiary alicyclic amines) is 1. The fraction of sp³-hybridized carbons (Fsp3) is 0.360. The van der Waals surface area contributed by atoms with Crippen molar-refractivity contribution in [3.8, 4) is 17.3 Å². The fourth-order valence-electron chi connectivity index (χ4n) is 5.24. The third-order valence-electron chi connectivity index (χ3n) is 6.89. The lowest BCUT2D eigenvalue weighted by molar-refractivity contribution is -0.141. The number of alkyl halides is 3. The molecule has 5 rings (SSSR count). The van der Waals surface area contributed by atoms with Crippen LogP contribution in [0.2, 0.25) is 0 Å². The van der Waals surface area contributed by atoms with Crippen LogP contribution in [0.5, 0.6) is 5.88 Å². The van der Waals surface area contributed by atoms with Gasteiger partial charge in [-0.2, -0.15) is 22.5 Å². The molecule has 36 heavy (non-hydrogen) atoms. The number of benzene rings is 1. The number of pyridine rings is 1. The van der Waals surface area contributed by atoms with E-state index < -0.39 is 29.6 Å². The molecule has 4 atom stereocenters. The second-order valence-electron chi connectivity index (χ2n) is 9.03. The number of carbonyl (C=O) groups excluding carboxylic acids is 1. The number of carbonyl (C=O) groups is 1. The van der Waals surface area contributed by atoms with Crippen LogP contribution in [0.25, 0.3) is 11.4 Å². The van der Waals surface area contributed by atoms with Crippen molar-refractivity contribution in [3.05, 3.63) is 71.7 Å². The molecule has 2 bridgehead atoms. The SMILES string of the molecule is C[C@@H]1[C@H]2C[C@@H](Oc3ccc(C(F)(F)F)c(F)n3)[C@H](C2)N1C(=O)Cc1cc(F)ccc1-c1ncccn1. The van der Waals surface area contributed by atoms with Crippen LogP contribution in [0.3, 0.4) is 0 Å². The van der Waals surface area contributed by atoms with E-state index in [4.69, 9.17) is 4.74 Å². The van der Waals surface area contributed by atoms with E-state index in [1.54, 1.807) is 23.4 Å². The normalized spacial score (nSPS) is 23.2. The van der Waals surface area contributed by atoms with Crippen LogP contribution in [0.15, 0.2) is 48.8 Å². The number of fused-ring (bicyclic) bond motifs is 2. The van der Waals surface area contributed by atoms with Gasteiger partial charge in [0.05, 0.1) is 12.5 Å². The minimum Gasteiger partial charge on any atom is -0.472 e. The van der Waals surface area contributed by atoms with Gasteiger partial charge in [0, 0.05) is 30.1 Å². The summed E-state index contributed by atoms with van der Waals surface area (Å²) in [7, 11) is 0. The molecule has 2 aromatic heterocycles. The fourth-order valence-corrected chi connectivity index (χ4v) is 5.24. The van der Waals surface area contributed by atoms with Crippen molar-refractivity contribution in [1.29, 1.82) is 0 Å². The van der Waals surface area contributed by atoms with Gasteiger partial charge in [-0.1, -0.05) is 0 Å². The maximum Gasteiger partial charge on any atom is 0.420 e. The summed E-state index contributed by atoms with van der Waals surface area (Å²) in [4.78, 5) is 26.8. The minimum atomic E-state index is -4.86. The minimum absolute atomic E-state index is 0.0984. The zero-order valence-electron chi connectivity index (χ0n) is 19.0. The largest absolute Gasteiger partial charge is 0.472 e. The van der Waals surface area contributed by atoms with E-state index in [1.807, 2.05) is 6.92 Å². The zero-order chi connectivity index (χ0) is 25.6. The van der Waals surface area contributed by atoms with E-state index in [0.29, 0.717) is 35.9 Å². The van der Waals surface area contributed by atoms with Gasteiger partial charge in [-0.3, -0.25) is 4.79 Å². The van der Waals surface area contributed by atoms with Crippen LogP contribution in [-0.2, 0) is 17.4 Å². The first kappa shape index (κ1) is 24.1. The molecule has 0 spiro atoms. The van der Waals surface area contributed by atoms with Gasteiger partial charge < -0.3 is 9.64 Å². The van der Waals surface area contributed by atoms with Gasteiger partial charge in [0.1, 0.15) is 17.5 Å². The molecule has 3 heterocycles. The molecular formula is C25H21F5N4O2. The van der Waals surface area contributed by atoms with Crippen molar-refractivity contribution >= 4 is 5.91 Å². The molecule has 2 fully saturated rings. The molecule has 1 amide bonds. The average Bonchev–Trinajstić information content (AvgIpc) is 3.36. The number of aromatic nitrogens is 3. The van der Waals surface area contributed by atoms with Crippen molar-refractivity contribution in [2.75, 3.05) is 0 Å². The lowest BCUT2D eigenvalue weighted by Crippen LogP contribution is -2.51. The Hall–Kier alpha value is -3.63. The van der Waals surface area contributed by atoms with Crippen LogP contribution >= 0.6 is 0 Å². The van der Waals surface area contributed by atoms with Gasteiger partial charge >= 0.3 is 6.18 Å². The van der Waals surface area contributed by atoms with E-state index in [0.717, 1.165) is 6.07 Å². The molecule has 188 valence electrons.